The van der Waals surface area contributed by atoms with Gasteiger partial charge in [-0.3, -0.25) is 14.5 Å². The highest BCUT2D eigenvalue weighted by Crippen LogP contribution is 2.30. The fourth-order valence-electron chi connectivity index (χ4n) is 4.54. The van der Waals surface area contributed by atoms with Crippen LogP contribution in [0.4, 0.5) is 5.69 Å². The second-order valence-electron chi connectivity index (χ2n) is 8.97. The fourth-order valence-corrected chi connectivity index (χ4v) is 5.51. The Kier molecular flexibility index (Phi) is 5.85. The zero-order valence-corrected chi connectivity index (χ0v) is 19.7. The van der Waals surface area contributed by atoms with Crippen LogP contribution in [0.5, 0.6) is 0 Å². The van der Waals surface area contributed by atoms with Gasteiger partial charge in [0.05, 0.1) is 10.4 Å². The molecule has 1 aliphatic rings. The first-order chi connectivity index (χ1) is 16.0. The molecule has 33 heavy (non-hydrogen) atoms. The standard InChI is InChI=1S/C27H27N3O2S/c1-17-6-5-9-22(12-17)30(16-25(31)28-21-7-3-4-8-21)27(32)24-15-20-14-19-11-10-18(2)13-23(19)29-26(20)33-24/h5-6,9-15,21H,3-4,7-8,16H2,1-2H3,(H,28,31). The number of benzene rings is 2. The van der Waals surface area contributed by atoms with Crippen LogP contribution >= 0.6 is 11.3 Å². The van der Waals surface area contributed by atoms with Crippen molar-refractivity contribution in [1.82, 2.24) is 10.3 Å². The molecule has 0 atom stereocenters. The molecule has 168 valence electrons. The third-order valence-corrected chi connectivity index (χ3v) is 7.28. The maximum Gasteiger partial charge on any atom is 0.268 e. The summed E-state index contributed by atoms with van der Waals surface area (Å²) in [4.78, 5) is 34.3. The van der Waals surface area contributed by atoms with Gasteiger partial charge in [-0.2, -0.15) is 0 Å². The Balaban J connectivity index is 1.48. The van der Waals surface area contributed by atoms with E-state index in [1.165, 1.54) is 11.3 Å². The first kappa shape index (κ1) is 21.6. The van der Waals surface area contributed by atoms with E-state index in [4.69, 9.17) is 4.98 Å². The van der Waals surface area contributed by atoms with E-state index in [0.29, 0.717) is 4.88 Å². The lowest BCUT2D eigenvalue weighted by atomic mass is 10.1. The Bertz CT molecular complexity index is 1350. The average molecular weight is 458 g/mol. The van der Waals surface area contributed by atoms with Gasteiger partial charge in [0.2, 0.25) is 5.91 Å². The Morgan fingerprint density at radius 3 is 2.58 bits per heavy atom. The van der Waals surface area contributed by atoms with Crippen molar-refractivity contribution in [2.24, 2.45) is 0 Å². The van der Waals surface area contributed by atoms with Gasteiger partial charge in [-0.15, -0.1) is 11.3 Å². The van der Waals surface area contributed by atoms with Gasteiger partial charge in [-0.25, -0.2) is 4.98 Å². The number of thiophene rings is 1. The molecule has 1 aliphatic carbocycles. The Labute approximate surface area is 197 Å². The first-order valence-corrected chi connectivity index (χ1v) is 12.3. The van der Waals surface area contributed by atoms with Crippen LogP contribution in [0.25, 0.3) is 21.1 Å². The van der Waals surface area contributed by atoms with Crippen molar-refractivity contribution in [2.75, 3.05) is 11.4 Å². The number of rotatable bonds is 5. The molecule has 0 bridgehead atoms. The monoisotopic (exact) mass is 457 g/mol. The fraction of sp³-hybridized carbons (Fsp3) is 0.296. The minimum Gasteiger partial charge on any atom is -0.352 e. The molecule has 0 aliphatic heterocycles. The predicted molar refractivity (Wildman–Crippen MR) is 135 cm³/mol. The van der Waals surface area contributed by atoms with Crippen molar-refractivity contribution in [1.29, 1.82) is 0 Å². The number of carbonyl (C=O) groups excluding carboxylic acids is 2. The number of fused-ring (bicyclic) bond motifs is 2. The van der Waals surface area contributed by atoms with Gasteiger partial charge in [-0.1, -0.05) is 37.1 Å². The maximum absolute atomic E-state index is 13.7. The van der Waals surface area contributed by atoms with E-state index in [2.05, 4.69) is 29.6 Å². The van der Waals surface area contributed by atoms with Gasteiger partial charge < -0.3 is 5.32 Å². The van der Waals surface area contributed by atoms with E-state index in [1.807, 2.05) is 44.2 Å². The lowest BCUT2D eigenvalue weighted by Crippen LogP contribution is -2.43. The summed E-state index contributed by atoms with van der Waals surface area (Å²) in [6.07, 6.45) is 4.32. The number of amides is 2. The van der Waals surface area contributed by atoms with E-state index in [0.717, 1.165) is 63.6 Å². The molecule has 1 fully saturated rings. The molecule has 2 aromatic carbocycles. The Hall–Kier alpha value is -3.25. The number of carbonyl (C=O) groups is 2. The molecular formula is C27H27N3O2S. The van der Waals surface area contributed by atoms with Crippen LogP contribution in [0, 0.1) is 13.8 Å². The van der Waals surface area contributed by atoms with Crippen molar-refractivity contribution < 1.29 is 9.59 Å². The van der Waals surface area contributed by atoms with E-state index in [1.54, 1.807) is 4.90 Å². The topological polar surface area (TPSA) is 62.3 Å². The molecule has 0 saturated heterocycles. The summed E-state index contributed by atoms with van der Waals surface area (Å²) >= 11 is 1.38. The van der Waals surface area contributed by atoms with Gasteiger partial charge in [-0.05, 0) is 68.1 Å². The zero-order chi connectivity index (χ0) is 22.9. The largest absolute Gasteiger partial charge is 0.352 e. The molecule has 5 nitrogen and oxygen atoms in total. The average Bonchev–Trinajstić information content (AvgIpc) is 3.45. The second-order valence-corrected chi connectivity index (χ2v) is 10.00. The summed E-state index contributed by atoms with van der Waals surface area (Å²) in [6.45, 7) is 4.04. The Morgan fingerprint density at radius 1 is 1.00 bits per heavy atom. The summed E-state index contributed by atoms with van der Waals surface area (Å²) < 4.78 is 0. The van der Waals surface area contributed by atoms with Crippen LogP contribution in [0.1, 0.15) is 46.5 Å². The summed E-state index contributed by atoms with van der Waals surface area (Å²) in [5.74, 6) is -0.289. The minimum absolute atomic E-state index is 0.00162. The molecular weight excluding hydrogens is 430 g/mol. The lowest BCUT2D eigenvalue weighted by molar-refractivity contribution is -0.120. The highest BCUT2D eigenvalue weighted by molar-refractivity contribution is 7.20. The van der Waals surface area contributed by atoms with Crippen molar-refractivity contribution >= 4 is 50.0 Å². The molecule has 2 amide bonds. The van der Waals surface area contributed by atoms with Crippen LogP contribution in [0.2, 0.25) is 0 Å². The highest BCUT2D eigenvalue weighted by Gasteiger charge is 2.25. The van der Waals surface area contributed by atoms with Gasteiger partial charge >= 0.3 is 0 Å². The SMILES string of the molecule is Cc1cccc(N(CC(=O)NC2CCCC2)C(=O)c2cc3cc4ccc(C)cc4nc3s2)c1. The molecule has 0 unspecified atom stereocenters. The summed E-state index contributed by atoms with van der Waals surface area (Å²) in [5, 5.41) is 5.11. The molecule has 0 radical (unpaired) electrons. The summed E-state index contributed by atoms with van der Waals surface area (Å²) in [7, 11) is 0. The Morgan fingerprint density at radius 2 is 1.79 bits per heavy atom. The first-order valence-electron chi connectivity index (χ1n) is 11.4. The van der Waals surface area contributed by atoms with Gasteiger partial charge in [0, 0.05) is 22.5 Å². The normalized spacial score (nSPS) is 14.1. The molecule has 5 rings (SSSR count). The number of nitrogens with one attached hydrogen (secondary N) is 1. The molecule has 6 heteroatoms. The van der Waals surface area contributed by atoms with E-state index < -0.39 is 0 Å². The van der Waals surface area contributed by atoms with Gasteiger partial charge in [0.15, 0.2) is 0 Å². The number of aromatic nitrogens is 1. The molecule has 2 heterocycles. The third kappa shape index (κ3) is 4.62. The van der Waals surface area contributed by atoms with E-state index >= 15 is 0 Å². The minimum atomic E-state index is -0.176. The van der Waals surface area contributed by atoms with Crippen molar-refractivity contribution in [2.45, 2.75) is 45.6 Å². The number of hydrogen-bond acceptors (Lipinski definition) is 4. The third-order valence-electron chi connectivity index (χ3n) is 6.25. The molecule has 1 saturated carbocycles. The number of hydrogen-bond donors (Lipinski definition) is 1. The summed E-state index contributed by atoms with van der Waals surface area (Å²) in [6, 6.07) is 18.1. The number of pyridine rings is 1. The smallest absolute Gasteiger partial charge is 0.268 e. The molecule has 4 aromatic rings. The quantitative estimate of drug-likeness (QED) is 0.414. The van der Waals surface area contributed by atoms with Crippen LogP contribution in [-0.2, 0) is 4.79 Å². The van der Waals surface area contributed by atoms with Crippen LogP contribution in [0.3, 0.4) is 0 Å². The van der Waals surface area contributed by atoms with Crippen molar-refractivity contribution in [3.63, 3.8) is 0 Å². The number of anilines is 1. The predicted octanol–water partition coefficient (Wildman–Crippen LogP) is 5.77. The van der Waals surface area contributed by atoms with Crippen LogP contribution < -0.4 is 10.2 Å². The van der Waals surface area contributed by atoms with Gasteiger partial charge in [0.25, 0.3) is 5.91 Å². The van der Waals surface area contributed by atoms with Crippen LogP contribution in [0.15, 0.2) is 54.6 Å². The maximum atomic E-state index is 13.7. The zero-order valence-electron chi connectivity index (χ0n) is 18.9. The second kappa shape index (κ2) is 8.94. The van der Waals surface area contributed by atoms with Crippen molar-refractivity contribution in [3.05, 3.63) is 70.6 Å². The molecule has 0 spiro atoms. The lowest BCUT2D eigenvalue weighted by Gasteiger charge is -2.23. The number of nitrogens with zero attached hydrogens (tertiary/aromatic N) is 2. The van der Waals surface area contributed by atoms with Crippen LogP contribution in [-0.4, -0.2) is 29.4 Å². The summed E-state index contributed by atoms with van der Waals surface area (Å²) in [5.41, 5.74) is 3.85. The van der Waals surface area contributed by atoms with Crippen molar-refractivity contribution in [3.8, 4) is 0 Å². The van der Waals surface area contributed by atoms with E-state index in [-0.39, 0.29) is 24.4 Å². The number of aryl methyl sites for hydroxylation is 2. The van der Waals surface area contributed by atoms with Gasteiger partial charge in [0.1, 0.15) is 11.4 Å². The molecule has 2 aromatic heterocycles. The highest BCUT2D eigenvalue weighted by atomic mass is 32.1. The van der Waals surface area contributed by atoms with E-state index in [9.17, 15) is 9.59 Å². The molecule has 1 N–H and O–H groups in total.